The van der Waals surface area contributed by atoms with E-state index in [9.17, 15) is 4.79 Å². The van der Waals surface area contributed by atoms with Crippen molar-refractivity contribution < 1.29 is 4.79 Å². The van der Waals surface area contributed by atoms with Gasteiger partial charge in [0.25, 0.3) is 0 Å². The second-order valence-corrected chi connectivity index (χ2v) is 8.79. The molecule has 0 saturated carbocycles. The summed E-state index contributed by atoms with van der Waals surface area (Å²) >= 11 is 6.52. The molecule has 0 saturated heterocycles. The Hall–Kier alpha value is -3.71. The average Bonchev–Trinajstić information content (AvgIpc) is 2.74. The number of urea groups is 1. The van der Waals surface area contributed by atoms with E-state index in [1.54, 1.807) is 12.3 Å². The maximum Gasteiger partial charge on any atom is 0.320 e. The van der Waals surface area contributed by atoms with Crippen molar-refractivity contribution in [3.8, 4) is 22.5 Å². The van der Waals surface area contributed by atoms with Gasteiger partial charge in [0.05, 0.1) is 21.9 Å². The van der Waals surface area contributed by atoms with Gasteiger partial charge in [0.1, 0.15) is 0 Å². The van der Waals surface area contributed by atoms with Gasteiger partial charge < -0.3 is 11.1 Å². The normalized spacial score (nSPS) is 11.4. The van der Waals surface area contributed by atoms with Crippen molar-refractivity contribution in [1.29, 1.82) is 0 Å². The first-order valence-electron chi connectivity index (χ1n) is 10.1. The molecule has 7 nitrogen and oxygen atoms in total. The summed E-state index contributed by atoms with van der Waals surface area (Å²) in [6, 6.07) is 16.7. The maximum atomic E-state index is 12.4. The molecule has 2 amide bonds. The first-order valence-corrected chi connectivity index (χ1v) is 10.5. The van der Waals surface area contributed by atoms with Gasteiger partial charge in [-0.15, -0.1) is 0 Å². The second kappa shape index (κ2) is 8.43. The number of nitrogens with zero attached hydrogens (tertiary/aromatic N) is 3. The summed E-state index contributed by atoms with van der Waals surface area (Å²) in [5.41, 5.74) is 9.18. The molecular weight excluding hydrogens is 424 g/mol. The van der Waals surface area contributed by atoms with Crippen LogP contribution in [0.5, 0.6) is 0 Å². The monoisotopic (exact) mass is 446 g/mol. The summed E-state index contributed by atoms with van der Waals surface area (Å²) in [4.78, 5) is 26.1. The van der Waals surface area contributed by atoms with Gasteiger partial charge in [0.15, 0.2) is 11.6 Å². The molecule has 162 valence electrons. The number of halogens is 1. The smallest absolute Gasteiger partial charge is 0.320 e. The Kier molecular flexibility index (Phi) is 5.67. The van der Waals surface area contributed by atoms with E-state index in [2.05, 4.69) is 20.6 Å². The molecule has 4 rings (SSSR count). The molecule has 0 fully saturated rings. The number of nitrogens with one attached hydrogen (secondary N) is 2. The molecule has 0 spiro atoms. The van der Waals surface area contributed by atoms with Crippen molar-refractivity contribution in [2.75, 3.05) is 11.1 Å². The van der Waals surface area contributed by atoms with Crippen LogP contribution in [0.25, 0.3) is 33.4 Å². The van der Waals surface area contributed by atoms with E-state index in [0.29, 0.717) is 21.9 Å². The van der Waals surface area contributed by atoms with E-state index >= 15 is 0 Å². The van der Waals surface area contributed by atoms with Crippen LogP contribution in [-0.4, -0.2) is 26.5 Å². The Morgan fingerprint density at radius 1 is 0.969 bits per heavy atom. The number of rotatable bonds is 3. The van der Waals surface area contributed by atoms with Crippen LogP contribution in [0.1, 0.15) is 20.8 Å². The number of amides is 2. The largest absolute Gasteiger partial charge is 0.381 e. The highest BCUT2D eigenvalue weighted by atomic mass is 35.5. The first kappa shape index (κ1) is 21.5. The highest BCUT2D eigenvalue weighted by molar-refractivity contribution is 6.35. The molecule has 2 heterocycles. The zero-order chi connectivity index (χ0) is 22.9. The molecule has 0 radical (unpaired) electrons. The van der Waals surface area contributed by atoms with Crippen molar-refractivity contribution in [2.45, 2.75) is 26.3 Å². The topological polar surface area (TPSA) is 106 Å². The van der Waals surface area contributed by atoms with Gasteiger partial charge in [-0.1, -0.05) is 48.0 Å². The summed E-state index contributed by atoms with van der Waals surface area (Å²) in [6.45, 7) is 5.66. The molecule has 0 bridgehead atoms. The highest BCUT2D eigenvalue weighted by Gasteiger charge is 2.20. The molecular formula is C24H23ClN6O. The Morgan fingerprint density at radius 3 is 2.41 bits per heavy atom. The molecule has 2 aromatic heterocycles. The fourth-order valence-corrected chi connectivity index (χ4v) is 3.58. The molecule has 0 atom stereocenters. The molecule has 4 aromatic rings. The number of pyridine rings is 1. The van der Waals surface area contributed by atoms with Crippen LogP contribution in [0.15, 0.2) is 60.8 Å². The molecule has 0 unspecified atom stereocenters. The van der Waals surface area contributed by atoms with Gasteiger partial charge in [0, 0.05) is 28.2 Å². The lowest BCUT2D eigenvalue weighted by Gasteiger charge is -2.21. The SMILES string of the molecule is CC(C)(C)NC(=O)Nc1nc(-c2cc(Cl)c3ncccc3c2)c(-c2ccccc2)nc1N. The predicted octanol–water partition coefficient (Wildman–Crippen LogP) is 5.51. The number of hydrogen-bond donors (Lipinski definition) is 3. The number of fused-ring (bicyclic) bond motifs is 1. The van der Waals surface area contributed by atoms with Crippen molar-refractivity contribution in [1.82, 2.24) is 20.3 Å². The van der Waals surface area contributed by atoms with E-state index < -0.39 is 11.6 Å². The summed E-state index contributed by atoms with van der Waals surface area (Å²) < 4.78 is 0. The van der Waals surface area contributed by atoms with Crippen LogP contribution in [0.3, 0.4) is 0 Å². The van der Waals surface area contributed by atoms with Gasteiger partial charge >= 0.3 is 6.03 Å². The van der Waals surface area contributed by atoms with Crippen LogP contribution in [0, 0.1) is 0 Å². The maximum absolute atomic E-state index is 12.4. The lowest BCUT2D eigenvalue weighted by atomic mass is 10.0. The van der Waals surface area contributed by atoms with Crippen LogP contribution in [0.4, 0.5) is 16.4 Å². The fraction of sp³-hybridized carbons (Fsp3) is 0.167. The summed E-state index contributed by atoms with van der Waals surface area (Å²) in [5.74, 6) is 0.286. The molecule has 2 aromatic carbocycles. The zero-order valence-electron chi connectivity index (χ0n) is 18.0. The number of anilines is 2. The number of nitrogens with two attached hydrogens (primary N) is 1. The quantitative estimate of drug-likeness (QED) is 0.384. The minimum absolute atomic E-state index is 0.116. The van der Waals surface area contributed by atoms with E-state index in [0.717, 1.165) is 16.5 Å². The van der Waals surface area contributed by atoms with Crippen LogP contribution >= 0.6 is 11.6 Å². The Morgan fingerprint density at radius 2 is 1.69 bits per heavy atom. The lowest BCUT2D eigenvalue weighted by Crippen LogP contribution is -2.43. The van der Waals surface area contributed by atoms with Crippen LogP contribution < -0.4 is 16.4 Å². The van der Waals surface area contributed by atoms with Crippen molar-refractivity contribution >= 4 is 40.2 Å². The first-order chi connectivity index (χ1) is 15.2. The van der Waals surface area contributed by atoms with E-state index in [1.165, 1.54) is 0 Å². The highest BCUT2D eigenvalue weighted by Crippen LogP contribution is 2.35. The molecule has 8 heteroatoms. The number of aromatic nitrogens is 3. The Balaban J connectivity index is 1.88. The molecule has 0 aliphatic rings. The van der Waals surface area contributed by atoms with Crippen LogP contribution in [-0.2, 0) is 0 Å². The van der Waals surface area contributed by atoms with Gasteiger partial charge in [-0.3, -0.25) is 10.3 Å². The number of benzene rings is 2. The third kappa shape index (κ3) is 4.63. The minimum Gasteiger partial charge on any atom is -0.381 e. The predicted molar refractivity (Wildman–Crippen MR) is 130 cm³/mol. The summed E-state index contributed by atoms with van der Waals surface area (Å²) in [7, 11) is 0. The summed E-state index contributed by atoms with van der Waals surface area (Å²) in [6.07, 6.45) is 1.70. The van der Waals surface area contributed by atoms with Crippen molar-refractivity contribution in [3.63, 3.8) is 0 Å². The average molecular weight is 447 g/mol. The van der Waals surface area contributed by atoms with Gasteiger partial charge in [0.2, 0.25) is 0 Å². The van der Waals surface area contributed by atoms with Gasteiger partial charge in [-0.25, -0.2) is 14.8 Å². The van der Waals surface area contributed by atoms with Gasteiger partial charge in [-0.05, 0) is 39.0 Å². The number of carbonyl (C=O) groups is 1. The molecule has 32 heavy (non-hydrogen) atoms. The van der Waals surface area contributed by atoms with E-state index in [4.69, 9.17) is 22.3 Å². The Labute approximate surface area is 191 Å². The third-order valence-electron chi connectivity index (χ3n) is 4.62. The molecule has 0 aliphatic heterocycles. The lowest BCUT2D eigenvalue weighted by molar-refractivity contribution is 0.243. The fourth-order valence-electron chi connectivity index (χ4n) is 3.30. The molecule has 4 N–H and O–H groups in total. The van der Waals surface area contributed by atoms with E-state index in [-0.39, 0.29) is 11.6 Å². The van der Waals surface area contributed by atoms with Crippen LogP contribution in [0.2, 0.25) is 5.02 Å². The molecule has 0 aliphatic carbocycles. The van der Waals surface area contributed by atoms with Crippen molar-refractivity contribution in [2.24, 2.45) is 0 Å². The second-order valence-electron chi connectivity index (χ2n) is 8.38. The number of nitrogen functional groups attached to an aromatic ring is 1. The Bertz CT molecular complexity index is 1300. The number of carbonyl (C=O) groups excluding carboxylic acids is 1. The standard InChI is InChI=1S/C24H23ClN6O/c1-24(2,3)31-23(32)30-22-21(26)28-19(14-8-5-4-6-9-14)20(29-22)16-12-15-10-7-11-27-18(15)17(25)13-16/h4-13H,1-3H3,(H2,26,28)(H2,29,30,31,32). The third-order valence-corrected chi connectivity index (χ3v) is 4.91. The van der Waals surface area contributed by atoms with Crippen molar-refractivity contribution in [3.05, 3.63) is 65.8 Å². The minimum atomic E-state index is -0.419. The summed E-state index contributed by atoms with van der Waals surface area (Å²) in [5, 5.41) is 6.91. The number of hydrogen-bond acceptors (Lipinski definition) is 5. The zero-order valence-corrected chi connectivity index (χ0v) is 18.7. The van der Waals surface area contributed by atoms with Gasteiger partial charge in [-0.2, -0.15) is 0 Å². The van der Waals surface area contributed by atoms with E-state index in [1.807, 2.05) is 69.3 Å².